The van der Waals surface area contributed by atoms with E-state index in [2.05, 4.69) is 16.1 Å². The molecular weight excluding hydrogens is 176 g/mol. The van der Waals surface area contributed by atoms with E-state index < -0.39 is 0 Å². The first-order chi connectivity index (χ1) is 6.90. The molecule has 0 aliphatic heterocycles. The van der Waals surface area contributed by atoms with Gasteiger partial charge in [0.15, 0.2) is 0 Å². The van der Waals surface area contributed by atoms with Crippen molar-refractivity contribution in [2.45, 2.75) is 6.42 Å². The Hall–Kier alpha value is -2.08. The molecule has 2 heterocycles. The highest BCUT2D eigenvalue weighted by Crippen LogP contribution is 2.17. The summed E-state index contributed by atoms with van der Waals surface area (Å²) in [5.74, 6) is 3.20. The quantitative estimate of drug-likeness (QED) is 0.669. The van der Waals surface area contributed by atoms with E-state index in [1.54, 1.807) is 12.4 Å². The molecule has 2 rings (SSSR count). The SMILES string of the molecule is C#CCc1cc(-c2cccnc2)no1. The summed E-state index contributed by atoms with van der Waals surface area (Å²) in [4.78, 5) is 3.99. The molecule has 0 aliphatic carbocycles. The first-order valence-corrected chi connectivity index (χ1v) is 4.19. The first kappa shape index (κ1) is 8.52. The molecule has 0 atom stereocenters. The summed E-state index contributed by atoms with van der Waals surface area (Å²) in [6.07, 6.45) is 9.07. The Bertz CT molecular complexity index is 454. The van der Waals surface area contributed by atoms with Crippen LogP contribution >= 0.6 is 0 Å². The van der Waals surface area contributed by atoms with E-state index in [1.807, 2.05) is 18.2 Å². The summed E-state index contributed by atoms with van der Waals surface area (Å²) >= 11 is 0. The molecular formula is C11H8N2O. The molecule has 14 heavy (non-hydrogen) atoms. The summed E-state index contributed by atoms with van der Waals surface area (Å²) in [5, 5.41) is 3.89. The fourth-order valence-electron chi connectivity index (χ4n) is 1.15. The summed E-state index contributed by atoms with van der Waals surface area (Å²) < 4.78 is 5.04. The van der Waals surface area contributed by atoms with Gasteiger partial charge < -0.3 is 4.52 Å². The van der Waals surface area contributed by atoms with Gasteiger partial charge in [0.2, 0.25) is 0 Å². The van der Waals surface area contributed by atoms with E-state index in [9.17, 15) is 0 Å². The highest BCUT2D eigenvalue weighted by Gasteiger charge is 2.04. The van der Waals surface area contributed by atoms with Gasteiger partial charge in [0.05, 0.1) is 6.42 Å². The Labute approximate surface area is 81.8 Å². The van der Waals surface area contributed by atoms with Crippen LogP contribution in [0, 0.1) is 12.3 Å². The molecule has 3 nitrogen and oxygen atoms in total. The lowest BCUT2D eigenvalue weighted by Gasteiger charge is -1.90. The highest BCUT2D eigenvalue weighted by molar-refractivity contribution is 5.57. The first-order valence-electron chi connectivity index (χ1n) is 4.19. The molecule has 0 saturated carbocycles. The van der Waals surface area contributed by atoms with Crippen LogP contribution in [0.15, 0.2) is 35.1 Å². The van der Waals surface area contributed by atoms with Crippen molar-refractivity contribution in [3.8, 4) is 23.6 Å². The minimum atomic E-state index is 0.466. The number of terminal acetylenes is 1. The van der Waals surface area contributed by atoms with Gasteiger partial charge in [-0.1, -0.05) is 11.1 Å². The third-order valence-corrected chi connectivity index (χ3v) is 1.79. The maximum absolute atomic E-state index is 5.16. The zero-order valence-electron chi connectivity index (χ0n) is 7.47. The van der Waals surface area contributed by atoms with Gasteiger partial charge in [-0.2, -0.15) is 0 Å². The molecule has 0 amide bonds. The topological polar surface area (TPSA) is 38.9 Å². The van der Waals surface area contributed by atoms with Crippen LogP contribution in [0.4, 0.5) is 0 Å². The third kappa shape index (κ3) is 1.64. The van der Waals surface area contributed by atoms with Crippen molar-refractivity contribution in [3.05, 3.63) is 36.4 Å². The fourth-order valence-corrected chi connectivity index (χ4v) is 1.15. The summed E-state index contributed by atoms with van der Waals surface area (Å²) in [7, 11) is 0. The van der Waals surface area contributed by atoms with Crippen LogP contribution < -0.4 is 0 Å². The second kappa shape index (κ2) is 3.75. The predicted molar refractivity (Wildman–Crippen MR) is 52.3 cm³/mol. The van der Waals surface area contributed by atoms with Crippen molar-refractivity contribution in [2.24, 2.45) is 0 Å². The van der Waals surface area contributed by atoms with Gasteiger partial charge >= 0.3 is 0 Å². The van der Waals surface area contributed by atoms with Gasteiger partial charge in [-0.25, -0.2) is 0 Å². The van der Waals surface area contributed by atoms with E-state index in [0.29, 0.717) is 12.2 Å². The Kier molecular flexibility index (Phi) is 2.28. The lowest BCUT2D eigenvalue weighted by molar-refractivity contribution is 0.394. The Balaban J connectivity index is 2.31. The van der Waals surface area contributed by atoms with E-state index in [1.165, 1.54) is 0 Å². The van der Waals surface area contributed by atoms with Crippen LogP contribution in [-0.4, -0.2) is 10.1 Å². The maximum Gasteiger partial charge on any atom is 0.149 e. The van der Waals surface area contributed by atoms with Crippen LogP contribution in [0.5, 0.6) is 0 Å². The van der Waals surface area contributed by atoms with Crippen LogP contribution in [0.1, 0.15) is 5.76 Å². The number of hydrogen-bond acceptors (Lipinski definition) is 3. The van der Waals surface area contributed by atoms with E-state index >= 15 is 0 Å². The molecule has 0 aliphatic rings. The monoisotopic (exact) mass is 184 g/mol. The van der Waals surface area contributed by atoms with Crippen molar-refractivity contribution in [1.29, 1.82) is 0 Å². The molecule has 0 bridgehead atoms. The Morgan fingerprint density at radius 1 is 1.50 bits per heavy atom. The summed E-state index contributed by atoms with van der Waals surface area (Å²) in [6, 6.07) is 5.60. The van der Waals surface area contributed by atoms with Crippen LogP contribution in [0.3, 0.4) is 0 Å². The zero-order valence-corrected chi connectivity index (χ0v) is 7.47. The smallest absolute Gasteiger partial charge is 0.149 e. The number of aromatic nitrogens is 2. The molecule has 0 saturated heterocycles. The van der Waals surface area contributed by atoms with Crippen LogP contribution in [0.25, 0.3) is 11.3 Å². The molecule has 0 spiro atoms. The molecule has 3 heteroatoms. The molecule has 0 unspecified atom stereocenters. The van der Waals surface area contributed by atoms with Crippen molar-refractivity contribution in [3.63, 3.8) is 0 Å². The van der Waals surface area contributed by atoms with Gasteiger partial charge in [-0.3, -0.25) is 4.98 Å². The molecule has 68 valence electrons. The minimum absolute atomic E-state index is 0.466. The molecule has 0 N–H and O–H groups in total. The van der Waals surface area contributed by atoms with Crippen molar-refractivity contribution >= 4 is 0 Å². The largest absolute Gasteiger partial charge is 0.360 e. The number of hydrogen-bond donors (Lipinski definition) is 0. The number of rotatable bonds is 2. The Morgan fingerprint density at radius 2 is 2.43 bits per heavy atom. The number of pyridine rings is 1. The lowest BCUT2D eigenvalue weighted by Crippen LogP contribution is -1.77. The van der Waals surface area contributed by atoms with Crippen LogP contribution in [0.2, 0.25) is 0 Å². The minimum Gasteiger partial charge on any atom is -0.360 e. The summed E-state index contributed by atoms with van der Waals surface area (Å²) in [5.41, 5.74) is 1.70. The lowest BCUT2D eigenvalue weighted by atomic mass is 10.2. The number of nitrogens with zero attached hydrogens (tertiary/aromatic N) is 2. The van der Waals surface area contributed by atoms with Gasteiger partial charge in [-0.15, -0.1) is 6.42 Å². The average Bonchev–Trinajstić information content (AvgIpc) is 2.68. The standard InChI is InChI=1S/C11H8N2O/c1-2-4-10-7-11(13-14-10)9-5-3-6-12-8-9/h1,3,5-8H,4H2. The van der Waals surface area contributed by atoms with Gasteiger partial charge in [0.25, 0.3) is 0 Å². The van der Waals surface area contributed by atoms with E-state index in [-0.39, 0.29) is 0 Å². The average molecular weight is 184 g/mol. The molecule has 0 aromatic carbocycles. The van der Waals surface area contributed by atoms with Gasteiger partial charge in [-0.05, 0) is 12.1 Å². The zero-order chi connectivity index (χ0) is 9.80. The molecule has 2 aromatic rings. The molecule has 2 aromatic heterocycles. The van der Waals surface area contributed by atoms with Crippen molar-refractivity contribution < 1.29 is 4.52 Å². The third-order valence-electron chi connectivity index (χ3n) is 1.79. The molecule has 0 fully saturated rings. The molecule has 0 radical (unpaired) electrons. The normalized spacial score (nSPS) is 9.64. The fraction of sp³-hybridized carbons (Fsp3) is 0.0909. The Morgan fingerprint density at radius 3 is 3.14 bits per heavy atom. The van der Waals surface area contributed by atoms with Crippen molar-refractivity contribution in [2.75, 3.05) is 0 Å². The van der Waals surface area contributed by atoms with Crippen LogP contribution in [-0.2, 0) is 6.42 Å². The van der Waals surface area contributed by atoms with Gasteiger partial charge in [0.1, 0.15) is 11.5 Å². The summed E-state index contributed by atoms with van der Waals surface area (Å²) in [6.45, 7) is 0. The van der Waals surface area contributed by atoms with Crippen molar-refractivity contribution in [1.82, 2.24) is 10.1 Å². The second-order valence-electron chi connectivity index (χ2n) is 2.80. The predicted octanol–water partition coefficient (Wildman–Crippen LogP) is 1.91. The van der Waals surface area contributed by atoms with Gasteiger partial charge in [0, 0.05) is 24.0 Å². The van der Waals surface area contributed by atoms with E-state index in [0.717, 1.165) is 11.3 Å². The van der Waals surface area contributed by atoms with E-state index in [4.69, 9.17) is 10.9 Å². The maximum atomic E-state index is 5.16. The second-order valence-corrected chi connectivity index (χ2v) is 2.80. The highest BCUT2D eigenvalue weighted by atomic mass is 16.5.